The fraction of sp³-hybridized carbons (Fsp3) is 0.250. The van der Waals surface area contributed by atoms with Gasteiger partial charge in [-0.15, -0.1) is 0 Å². The second-order valence-corrected chi connectivity index (χ2v) is 10.0. The monoisotopic (exact) mass is 572 g/mol. The number of benzene rings is 2. The maximum Gasteiger partial charge on any atom is 0.338 e. The number of fused-ring (bicyclic) bond motifs is 1. The van der Waals surface area contributed by atoms with E-state index in [-0.39, 0.29) is 18.8 Å². The molecule has 0 N–H and O–H groups in total. The lowest BCUT2D eigenvalue weighted by molar-refractivity contribution is -0.139. The molecule has 10 heteroatoms. The maximum atomic E-state index is 13.8. The Hall–Kier alpha value is -3.33. The molecule has 0 unspecified atom stereocenters. The summed E-state index contributed by atoms with van der Waals surface area (Å²) in [5.41, 5.74) is 1.85. The largest absolute Gasteiger partial charge is 0.494 e. The van der Waals surface area contributed by atoms with E-state index in [2.05, 4.69) is 11.6 Å². The zero-order valence-electron chi connectivity index (χ0n) is 21.1. The predicted octanol–water partition coefficient (Wildman–Crippen LogP) is 5.07. The van der Waals surface area contributed by atoms with Crippen LogP contribution in [0.1, 0.15) is 37.9 Å². The summed E-state index contributed by atoms with van der Waals surface area (Å²) in [6, 6.07) is 9.93. The van der Waals surface area contributed by atoms with Crippen LogP contribution in [0.25, 0.3) is 6.08 Å². The van der Waals surface area contributed by atoms with Crippen LogP contribution in [0.2, 0.25) is 10.0 Å². The summed E-state index contributed by atoms with van der Waals surface area (Å²) in [4.78, 5) is 31.9. The minimum absolute atomic E-state index is 0.198. The third-order valence-corrected chi connectivity index (χ3v) is 7.23. The van der Waals surface area contributed by atoms with E-state index >= 15 is 0 Å². The third kappa shape index (κ3) is 5.57. The van der Waals surface area contributed by atoms with Crippen molar-refractivity contribution in [1.82, 2.24) is 4.57 Å². The zero-order chi connectivity index (χ0) is 27.4. The summed E-state index contributed by atoms with van der Waals surface area (Å²) in [5, 5.41) is 0.622. The number of aromatic nitrogens is 1. The Balaban J connectivity index is 1.87. The Morgan fingerprint density at radius 3 is 2.42 bits per heavy atom. The van der Waals surface area contributed by atoms with Crippen LogP contribution in [0.15, 0.2) is 70.1 Å². The Morgan fingerprint density at radius 2 is 1.82 bits per heavy atom. The number of carbonyl (C=O) groups excluding carboxylic acids is 1. The lowest BCUT2D eigenvalue weighted by atomic mass is 9.96. The highest BCUT2D eigenvalue weighted by atomic mass is 35.5. The molecule has 7 nitrogen and oxygen atoms in total. The summed E-state index contributed by atoms with van der Waals surface area (Å²) in [6.07, 6.45) is 3.28. The van der Waals surface area contributed by atoms with Gasteiger partial charge in [0.2, 0.25) is 0 Å². The molecule has 198 valence electrons. The van der Waals surface area contributed by atoms with Gasteiger partial charge in [0.05, 0.1) is 45.1 Å². The molecule has 0 radical (unpaired) electrons. The quantitative estimate of drug-likeness (QED) is 0.264. The van der Waals surface area contributed by atoms with E-state index in [1.165, 1.54) is 15.9 Å². The average molecular weight is 573 g/mol. The SMILES string of the molecule is C=CCOc1c(Cl)cc(/C=c2/sc3n(c2=O)[C@@H](c2ccc(OCC)cc2)C(C(=O)OCC)=C(C)N=3)cc1Cl. The molecule has 1 aromatic heterocycles. The Bertz CT molecular complexity index is 1570. The van der Waals surface area contributed by atoms with Crippen LogP contribution in [0.3, 0.4) is 0 Å². The minimum Gasteiger partial charge on any atom is -0.494 e. The Morgan fingerprint density at radius 1 is 1.13 bits per heavy atom. The standard InChI is InChI=1S/C28H26Cl2N2O5S/c1-5-12-37-25-20(29)13-17(14-21(25)30)15-22-26(33)32-24(18-8-10-19(11-9-18)35-6-2)23(27(34)36-7-3)16(4)31-28(32)38-22/h5,8-11,13-15,24H,1,6-7,12H2,2-4H3/b22-15+/t24-/m0/s1. The van der Waals surface area contributed by atoms with Crippen molar-refractivity contribution in [2.75, 3.05) is 19.8 Å². The zero-order valence-corrected chi connectivity index (χ0v) is 23.5. The van der Waals surface area contributed by atoms with E-state index < -0.39 is 12.0 Å². The molecule has 0 spiro atoms. The van der Waals surface area contributed by atoms with Crippen molar-refractivity contribution < 1.29 is 19.0 Å². The van der Waals surface area contributed by atoms with Gasteiger partial charge < -0.3 is 14.2 Å². The minimum atomic E-state index is -0.718. The van der Waals surface area contributed by atoms with Crippen molar-refractivity contribution in [2.45, 2.75) is 26.8 Å². The molecular weight excluding hydrogens is 547 g/mol. The number of hydrogen-bond acceptors (Lipinski definition) is 7. The molecule has 0 saturated heterocycles. The number of nitrogens with zero attached hydrogens (tertiary/aromatic N) is 2. The van der Waals surface area contributed by atoms with Gasteiger partial charge in [0, 0.05) is 0 Å². The van der Waals surface area contributed by atoms with Crippen LogP contribution >= 0.6 is 34.5 Å². The highest BCUT2D eigenvalue weighted by Gasteiger charge is 2.33. The van der Waals surface area contributed by atoms with Crippen LogP contribution in [-0.4, -0.2) is 30.4 Å². The van der Waals surface area contributed by atoms with Crippen LogP contribution < -0.4 is 24.4 Å². The fourth-order valence-corrected chi connectivity index (χ4v) is 5.77. The molecule has 0 bridgehead atoms. The number of ether oxygens (including phenoxy) is 3. The van der Waals surface area contributed by atoms with E-state index in [0.29, 0.717) is 54.3 Å². The molecule has 0 saturated carbocycles. The molecule has 1 atom stereocenters. The van der Waals surface area contributed by atoms with E-state index in [9.17, 15) is 9.59 Å². The van der Waals surface area contributed by atoms with Crippen LogP contribution in [-0.2, 0) is 9.53 Å². The van der Waals surface area contributed by atoms with E-state index in [0.717, 1.165) is 5.56 Å². The van der Waals surface area contributed by atoms with Gasteiger partial charge >= 0.3 is 5.97 Å². The van der Waals surface area contributed by atoms with Gasteiger partial charge in [0.1, 0.15) is 12.4 Å². The fourth-order valence-electron chi connectivity index (χ4n) is 4.11. The molecule has 38 heavy (non-hydrogen) atoms. The number of carbonyl (C=O) groups is 1. The first kappa shape index (κ1) is 27.7. The summed E-state index contributed by atoms with van der Waals surface area (Å²) >= 11 is 14.0. The first-order valence-corrected chi connectivity index (χ1v) is 13.5. The van der Waals surface area contributed by atoms with Gasteiger partial charge in [-0.05, 0) is 62.2 Å². The number of esters is 1. The van der Waals surface area contributed by atoms with Gasteiger partial charge in [-0.25, -0.2) is 9.79 Å². The lowest BCUT2D eigenvalue weighted by Gasteiger charge is -2.24. The van der Waals surface area contributed by atoms with Crippen molar-refractivity contribution in [1.29, 1.82) is 0 Å². The smallest absolute Gasteiger partial charge is 0.338 e. The molecule has 0 amide bonds. The van der Waals surface area contributed by atoms with E-state index in [1.807, 2.05) is 31.2 Å². The number of allylic oxidation sites excluding steroid dienone is 1. The Labute approximate surface area is 233 Å². The second kappa shape index (κ2) is 12.0. The van der Waals surface area contributed by atoms with Gasteiger partial charge in [-0.2, -0.15) is 0 Å². The number of halogens is 2. The van der Waals surface area contributed by atoms with Crippen molar-refractivity contribution in [3.8, 4) is 11.5 Å². The third-order valence-electron chi connectivity index (χ3n) is 5.69. The van der Waals surface area contributed by atoms with E-state index in [1.54, 1.807) is 38.1 Å². The average Bonchev–Trinajstić information content (AvgIpc) is 3.17. The van der Waals surface area contributed by atoms with Crippen LogP contribution in [0, 0.1) is 0 Å². The molecule has 2 aromatic carbocycles. The first-order chi connectivity index (χ1) is 18.3. The van der Waals surface area contributed by atoms with Gasteiger partial charge in [0.15, 0.2) is 10.6 Å². The molecule has 0 fully saturated rings. The van der Waals surface area contributed by atoms with Crippen molar-refractivity contribution in [2.24, 2.45) is 4.99 Å². The van der Waals surface area contributed by atoms with Crippen molar-refractivity contribution >= 4 is 46.6 Å². The number of rotatable bonds is 9. The molecule has 1 aliphatic heterocycles. The topological polar surface area (TPSA) is 79.1 Å². The lowest BCUT2D eigenvalue weighted by Crippen LogP contribution is -2.39. The molecule has 1 aliphatic rings. The van der Waals surface area contributed by atoms with Crippen molar-refractivity contribution in [3.05, 3.63) is 101 Å². The van der Waals surface area contributed by atoms with Gasteiger partial charge in [0.25, 0.3) is 5.56 Å². The maximum absolute atomic E-state index is 13.8. The molecule has 4 rings (SSSR count). The van der Waals surface area contributed by atoms with Gasteiger partial charge in [-0.1, -0.05) is 59.3 Å². The highest BCUT2D eigenvalue weighted by molar-refractivity contribution is 7.07. The molecule has 0 aliphatic carbocycles. The van der Waals surface area contributed by atoms with Crippen molar-refractivity contribution in [3.63, 3.8) is 0 Å². The van der Waals surface area contributed by atoms with Crippen LogP contribution in [0.5, 0.6) is 11.5 Å². The molecule has 3 aromatic rings. The predicted molar refractivity (Wildman–Crippen MR) is 150 cm³/mol. The van der Waals surface area contributed by atoms with Gasteiger partial charge in [-0.3, -0.25) is 9.36 Å². The number of hydrogen-bond donors (Lipinski definition) is 0. The van der Waals surface area contributed by atoms with Crippen LogP contribution in [0.4, 0.5) is 0 Å². The molecule has 2 heterocycles. The normalized spacial score (nSPS) is 15.1. The summed E-state index contributed by atoms with van der Waals surface area (Å²) < 4.78 is 18.4. The molecular formula is C28H26Cl2N2O5S. The Kier molecular flexibility index (Phi) is 8.76. The summed E-state index contributed by atoms with van der Waals surface area (Å²) in [7, 11) is 0. The summed E-state index contributed by atoms with van der Waals surface area (Å²) in [6.45, 7) is 9.98. The highest BCUT2D eigenvalue weighted by Crippen LogP contribution is 2.35. The first-order valence-electron chi connectivity index (χ1n) is 11.9. The summed E-state index contributed by atoms with van der Waals surface area (Å²) in [5.74, 6) is 0.518. The van der Waals surface area contributed by atoms with E-state index in [4.69, 9.17) is 37.4 Å². The second-order valence-electron chi connectivity index (χ2n) is 8.22. The number of thiazole rings is 1.